The van der Waals surface area contributed by atoms with Gasteiger partial charge in [0.1, 0.15) is 5.78 Å². The van der Waals surface area contributed by atoms with Gasteiger partial charge in [-0.2, -0.15) is 0 Å². The molecule has 0 bridgehead atoms. The Labute approximate surface area is 88.1 Å². The summed E-state index contributed by atoms with van der Waals surface area (Å²) in [6.45, 7) is 3.90. The van der Waals surface area contributed by atoms with E-state index in [0.717, 1.165) is 12.1 Å². The average molecular weight is 212 g/mol. The van der Waals surface area contributed by atoms with Gasteiger partial charge in [0, 0.05) is 12.8 Å². The van der Waals surface area contributed by atoms with Crippen LogP contribution in [0, 0.1) is 17.6 Å². The Kier molecular flexibility index (Phi) is 3.95. The number of Topliss-reactive ketones (excluding diaryl/α,β-unsaturated/α-hetero) is 1. The van der Waals surface area contributed by atoms with Gasteiger partial charge in [-0.25, -0.2) is 8.78 Å². The first-order valence-corrected chi connectivity index (χ1v) is 4.94. The van der Waals surface area contributed by atoms with Crippen molar-refractivity contribution in [2.75, 3.05) is 0 Å². The maximum Gasteiger partial charge on any atom is 0.159 e. The third kappa shape index (κ3) is 3.78. The minimum atomic E-state index is -0.898. The first-order chi connectivity index (χ1) is 6.99. The minimum Gasteiger partial charge on any atom is -0.299 e. The lowest BCUT2D eigenvalue weighted by atomic mass is 10.0. The number of hydrogen-bond donors (Lipinski definition) is 0. The van der Waals surface area contributed by atoms with Crippen molar-refractivity contribution in [1.82, 2.24) is 0 Å². The maximum atomic E-state index is 12.8. The molecular formula is C12H14F2O. The maximum absolute atomic E-state index is 12.8. The van der Waals surface area contributed by atoms with Crippen LogP contribution in [0.1, 0.15) is 25.8 Å². The molecule has 0 amide bonds. The van der Waals surface area contributed by atoms with Crippen LogP contribution in [0.25, 0.3) is 0 Å². The lowest BCUT2D eigenvalue weighted by Crippen LogP contribution is -2.06. The molecular weight excluding hydrogens is 198 g/mol. The number of hydrogen-bond acceptors (Lipinski definition) is 1. The SMILES string of the molecule is CC(C)CC(=O)Cc1ccc(F)c(F)c1. The van der Waals surface area contributed by atoms with E-state index in [1.807, 2.05) is 13.8 Å². The van der Waals surface area contributed by atoms with Crippen molar-refractivity contribution in [1.29, 1.82) is 0 Å². The summed E-state index contributed by atoms with van der Waals surface area (Å²) in [6, 6.07) is 3.57. The molecule has 0 unspecified atom stereocenters. The molecule has 0 aromatic heterocycles. The third-order valence-electron chi connectivity index (χ3n) is 2.02. The van der Waals surface area contributed by atoms with E-state index in [9.17, 15) is 13.6 Å². The van der Waals surface area contributed by atoms with E-state index in [4.69, 9.17) is 0 Å². The highest BCUT2D eigenvalue weighted by Gasteiger charge is 2.08. The first kappa shape index (κ1) is 11.8. The fourth-order valence-corrected chi connectivity index (χ4v) is 1.40. The van der Waals surface area contributed by atoms with Crippen LogP contribution in [0.3, 0.4) is 0 Å². The summed E-state index contributed by atoms with van der Waals surface area (Å²) < 4.78 is 25.4. The van der Waals surface area contributed by atoms with Gasteiger partial charge in [-0.3, -0.25) is 4.79 Å². The van der Waals surface area contributed by atoms with Crippen LogP contribution in [0.5, 0.6) is 0 Å². The van der Waals surface area contributed by atoms with Crippen LogP contribution in [0.2, 0.25) is 0 Å². The van der Waals surface area contributed by atoms with E-state index in [-0.39, 0.29) is 12.2 Å². The second-order valence-electron chi connectivity index (χ2n) is 4.06. The van der Waals surface area contributed by atoms with Crippen molar-refractivity contribution in [3.8, 4) is 0 Å². The second-order valence-corrected chi connectivity index (χ2v) is 4.06. The summed E-state index contributed by atoms with van der Waals surface area (Å²) in [4.78, 5) is 11.4. The molecule has 1 aromatic carbocycles. The Bertz CT molecular complexity index is 359. The van der Waals surface area contributed by atoms with Gasteiger partial charge in [0.15, 0.2) is 11.6 Å². The smallest absolute Gasteiger partial charge is 0.159 e. The zero-order valence-corrected chi connectivity index (χ0v) is 8.89. The van der Waals surface area contributed by atoms with Crippen LogP contribution in [-0.2, 0) is 11.2 Å². The standard InChI is InChI=1S/C12H14F2O/c1-8(2)5-10(15)6-9-3-4-11(13)12(14)7-9/h3-4,7-8H,5-6H2,1-2H3. The van der Waals surface area contributed by atoms with Crippen molar-refractivity contribution < 1.29 is 13.6 Å². The minimum absolute atomic E-state index is 0.0519. The molecule has 0 aliphatic rings. The number of rotatable bonds is 4. The largest absolute Gasteiger partial charge is 0.299 e. The molecule has 82 valence electrons. The fraction of sp³-hybridized carbons (Fsp3) is 0.417. The lowest BCUT2D eigenvalue weighted by molar-refractivity contribution is -0.119. The highest BCUT2D eigenvalue weighted by molar-refractivity contribution is 5.80. The Morgan fingerprint density at radius 1 is 1.27 bits per heavy atom. The predicted octanol–water partition coefficient (Wildman–Crippen LogP) is 3.12. The van der Waals surface area contributed by atoms with E-state index in [1.165, 1.54) is 6.07 Å². The monoisotopic (exact) mass is 212 g/mol. The Morgan fingerprint density at radius 3 is 2.47 bits per heavy atom. The van der Waals surface area contributed by atoms with Crippen LogP contribution in [0.4, 0.5) is 8.78 Å². The van der Waals surface area contributed by atoms with Gasteiger partial charge in [-0.15, -0.1) is 0 Å². The van der Waals surface area contributed by atoms with E-state index in [2.05, 4.69) is 0 Å². The van der Waals surface area contributed by atoms with E-state index in [0.29, 0.717) is 17.9 Å². The summed E-state index contributed by atoms with van der Waals surface area (Å²) in [5.74, 6) is -1.43. The summed E-state index contributed by atoms with van der Waals surface area (Å²) in [6.07, 6.45) is 0.647. The molecule has 0 saturated carbocycles. The van der Waals surface area contributed by atoms with Crippen molar-refractivity contribution in [3.05, 3.63) is 35.4 Å². The molecule has 0 saturated heterocycles. The van der Waals surface area contributed by atoms with Crippen molar-refractivity contribution in [2.24, 2.45) is 5.92 Å². The van der Waals surface area contributed by atoms with Gasteiger partial charge in [0.05, 0.1) is 0 Å². The molecule has 0 aliphatic carbocycles. The highest BCUT2D eigenvalue weighted by atomic mass is 19.2. The third-order valence-corrected chi connectivity index (χ3v) is 2.02. The molecule has 0 aliphatic heterocycles. The van der Waals surface area contributed by atoms with Crippen molar-refractivity contribution >= 4 is 5.78 Å². The molecule has 1 rings (SSSR count). The molecule has 0 fully saturated rings. The Morgan fingerprint density at radius 2 is 1.93 bits per heavy atom. The number of halogens is 2. The van der Waals surface area contributed by atoms with Crippen LogP contribution >= 0.6 is 0 Å². The quantitative estimate of drug-likeness (QED) is 0.749. The summed E-state index contributed by atoms with van der Waals surface area (Å²) in [5, 5.41) is 0. The topological polar surface area (TPSA) is 17.1 Å². The zero-order valence-electron chi connectivity index (χ0n) is 8.89. The summed E-state index contributed by atoms with van der Waals surface area (Å²) in [7, 11) is 0. The molecule has 0 heterocycles. The predicted molar refractivity (Wildman–Crippen MR) is 54.5 cm³/mol. The number of ketones is 1. The molecule has 0 atom stereocenters. The van der Waals surface area contributed by atoms with Crippen LogP contribution in [-0.4, -0.2) is 5.78 Å². The van der Waals surface area contributed by atoms with Crippen LogP contribution in [0.15, 0.2) is 18.2 Å². The van der Waals surface area contributed by atoms with Gasteiger partial charge < -0.3 is 0 Å². The molecule has 1 aromatic rings. The van der Waals surface area contributed by atoms with Gasteiger partial charge in [0.2, 0.25) is 0 Å². The van der Waals surface area contributed by atoms with E-state index in [1.54, 1.807) is 0 Å². The van der Waals surface area contributed by atoms with Crippen molar-refractivity contribution in [2.45, 2.75) is 26.7 Å². The first-order valence-electron chi connectivity index (χ1n) is 4.94. The summed E-state index contributed by atoms with van der Waals surface area (Å²) >= 11 is 0. The normalized spacial score (nSPS) is 10.7. The highest BCUT2D eigenvalue weighted by Crippen LogP contribution is 2.11. The molecule has 15 heavy (non-hydrogen) atoms. The molecule has 0 spiro atoms. The van der Waals surface area contributed by atoms with Crippen LogP contribution < -0.4 is 0 Å². The number of carbonyl (C=O) groups excluding carboxylic acids is 1. The van der Waals surface area contributed by atoms with E-state index >= 15 is 0 Å². The average Bonchev–Trinajstić information content (AvgIpc) is 2.10. The van der Waals surface area contributed by atoms with Gasteiger partial charge >= 0.3 is 0 Å². The molecule has 0 radical (unpaired) electrons. The Balaban J connectivity index is 2.65. The van der Waals surface area contributed by atoms with Crippen molar-refractivity contribution in [3.63, 3.8) is 0 Å². The second kappa shape index (κ2) is 5.01. The number of benzene rings is 1. The zero-order chi connectivity index (χ0) is 11.4. The molecule has 1 nitrogen and oxygen atoms in total. The Hall–Kier alpha value is -1.25. The number of carbonyl (C=O) groups is 1. The summed E-state index contributed by atoms with van der Waals surface area (Å²) in [5.41, 5.74) is 0.527. The lowest BCUT2D eigenvalue weighted by Gasteiger charge is -2.04. The molecule has 3 heteroatoms. The fourth-order valence-electron chi connectivity index (χ4n) is 1.40. The van der Waals surface area contributed by atoms with E-state index < -0.39 is 11.6 Å². The van der Waals surface area contributed by atoms with Gasteiger partial charge in [0.25, 0.3) is 0 Å². The molecule has 0 N–H and O–H groups in total. The van der Waals surface area contributed by atoms with Gasteiger partial charge in [-0.05, 0) is 23.6 Å². The van der Waals surface area contributed by atoms with Gasteiger partial charge in [-0.1, -0.05) is 19.9 Å².